The van der Waals surface area contributed by atoms with Crippen LogP contribution in [0, 0.1) is 0 Å². The molecule has 2 aromatic carbocycles. The summed E-state index contributed by atoms with van der Waals surface area (Å²) in [7, 11) is 1.47. The molecule has 5 heteroatoms. The smallest absolute Gasteiger partial charge is 0.248 e. The molecule has 0 spiro atoms. The van der Waals surface area contributed by atoms with E-state index in [1.165, 1.54) is 19.3 Å². The van der Waals surface area contributed by atoms with Crippen LogP contribution in [0.1, 0.15) is 5.56 Å². The predicted octanol–water partition coefficient (Wildman–Crippen LogP) is 3.82. The number of carbonyl (C=O) groups excluding carboxylic acids is 1. The first-order valence-electron chi connectivity index (χ1n) is 6.20. The molecule has 0 aliphatic rings. The molecule has 2 N–H and O–H groups in total. The lowest BCUT2D eigenvalue weighted by molar-refractivity contribution is -0.111. The third-order valence-electron chi connectivity index (χ3n) is 2.74. The number of hydrogen-bond donors (Lipinski definition) is 2. The Morgan fingerprint density at radius 2 is 1.95 bits per heavy atom. The van der Waals surface area contributed by atoms with Crippen molar-refractivity contribution < 1.29 is 14.6 Å². The highest BCUT2D eigenvalue weighted by Crippen LogP contribution is 2.26. The highest BCUT2D eigenvalue weighted by molar-refractivity contribution is 9.10. The van der Waals surface area contributed by atoms with Gasteiger partial charge in [-0.25, -0.2) is 0 Å². The first-order valence-corrected chi connectivity index (χ1v) is 6.99. The molecule has 21 heavy (non-hydrogen) atoms. The van der Waals surface area contributed by atoms with Gasteiger partial charge in [0.1, 0.15) is 0 Å². The number of phenolic OH excluding ortho intramolecular Hbond substituents is 1. The van der Waals surface area contributed by atoms with E-state index < -0.39 is 0 Å². The average molecular weight is 348 g/mol. The molecule has 0 aliphatic heterocycles. The number of amides is 1. The van der Waals surface area contributed by atoms with Crippen molar-refractivity contribution in [2.75, 3.05) is 12.4 Å². The lowest BCUT2D eigenvalue weighted by Crippen LogP contribution is -2.07. The van der Waals surface area contributed by atoms with E-state index >= 15 is 0 Å². The first-order chi connectivity index (χ1) is 10.1. The van der Waals surface area contributed by atoms with Crippen LogP contribution in [0.15, 0.2) is 53.0 Å². The zero-order chi connectivity index (χ0) is 15.2. The van der Waals surface area contributed by atoms with Crippen LogP contribution in [0.4, 0.5) is 5.69 Å². The maximum atomic E-state index is 11.8. The van der Waals surface area contributed by atoms with Crippen LogP contribution in [0.5, 0.6) is 11.5 Å². The molecule has 0 atom stereocenters. The molecule has 108 valence electrons. The van der Waals surface area contributed by atoms with Crippen LogP contribution in [0.25, 0.3) is 6.08 Å². The number of ether oxygens (including phenoxy) is 1. The number of anilines is 1. The summed E-state index contributed by atoms with van der Waals surface area (Å²) in [6.07, 6.45) is 3.07. The normalized spacial score (nSPS) is 10.6. The van der Waals surface area contributed by atoms with Crippen molar-refractivity contribution in [3.8, 4) is 11.5 Å². The Bertz CT molecular complexity index is 666. The minimum atomic E-state index is -0.232. The largest absolute Gasteiger partial charge is 0.504 e. The Morgan fingerprint density at radius 3 is 2.62 bits per heavy atom. The number of methoxy groups -OCH3 is 1. The van der Waals surface area contributed by atoms with Crippen molar-refractivity contribution in [1.82, 2.24) is 0 Å². The molecule has 0 bridgehead atoms. The van der Waals surface area contributed by atoms with Gasteiger partial charge < -0.3 is 15.2 Å². The molecule has 0 saturated heterocycles. The summed E-state index contributed by atoms with van der Waals surface area (Å²) in [6, 6.07) is 12.2. The monoisotopic (exact) mass is 347 g/mol. The average Bonchev–Trinajstić information content (AvgIpc) is 2.49. The fourth-order valence-electron chi connectivity index (χ4n) is 1.69. The number of aromatic hydroxyl groups is 1. The Labute approximate surface area is 131 Å². The second-order valence-electron chi connectivity index (χ2n) is 4.26. The minimum Gasteiger partial charge on any atom is -0.504 e. The Balaban J connectivity index is 2.03. The summed E-state index contributed by atoms with van der Waals surface area (Å²) in [5.74, 6) is 0.198. The molecule has 0 aliphatic carbocycles. The third kappa shape index (κ3) is 4.36. The van der Waals surface area contributed by atoms with Crippen molar-refractivity contribution in [3.63, 3.8) is 0 Å². The number of carbonyl (C=O) groups is 1. The summed E-state index contributed by atoms with van der Waals surface area (Å²) >= 11 is 3.33. The minimum absolute atomic E-state index is 0.0639. The maximum Gasteiger partial charge on any atom is 0.248 e. The summed E-state index contributed by atoms with van der Waals surface area (Å²) in [6.45, 7) is 0. The SMILES string of the molecule is COc1cc(/C=C/C(=O)Nc2ccc(Br)cc2)ccc1O. The fourth-order valence-corrected chi connectivity index (χ4v) is 1.95. The number of rotatable bonds is 4. The summed E-state index contributed by atoms with van der Waals surface area (Å²) < 4.78 is 5.96. The Morgan fingerprint density at radius 1 is 1.24 bits per heavy atom. The molecule has 0 radical (unpaired) electrons. The number of benzene rings is 2. The third-order valence-corrected chi connectivity index (χ3v) is 3.27. The number of halogens is 1. The fraction of sp³-hybridized carbons (Fsp3) is 0.0625. The van der Waals surface area contributed by atoms with Crippen molar-refractivity contribution in [3.05, 3.63) is 58.6 Å². The highest BCUT2D eigenvalue weighted by atomic mass is 79.9. The topological polar surface area (TPSA) is 58.6 Å². The first kappa shape index (κ1) is 15.1. The lowest BCUT2D eigenvalue weighted by Gasteiger charge is -2.04. The van der Waals surface area contributed by atoms with E-state index in [4.69, 9.17) is 4.74 Å². The predicted molar refractivity (Wildman–Crippen MR) is 86.5 cm³/mol. The summed E-state index contributed by atoms with van der Waals surface area (Å²) in [5, 5.41) is 12.2. The molecule has 0 unspecified atom stereocenters. The van der Waals surface area contributed by atoms with E-state index in [-0.39, 0.29) is 11.7 Å². The van der Waals surface area contributed by atoms with Crippen LogP contribution < -0.4 is 10.1 Å². The van der Waals surface area contributed by atoms with E-state index in [9.17, 15) is 9.90 Å². The molecule has 1 amide bonds. The molecular formula is C16H14BrNO3. The zero-order valence-corrected chi connectivity index (χ0v) is 12.9. The van der Waals surface area contributed by atoms with Gasteiger partial charge in [0.15, 0.2) is 11.5 Å². The molecule has 0 aromatic heterocycles. The van der Waals surface area contributed by atoms with E-state index in [0.29, 0.717) is 5.75 Å². The molecular weight excluding hydrogens is 334 g/mol. The van der Waals surface area contributed by atoms with Gasteiger partial charge in [-0.2, -0.15) is 0 Å². The maximum absolute atomic E-state index is 11.8. The number of phenols is 1. The van der Waals surface area contributed by atoms with Crippen LogP contribution >= 0.6 is 15.9 Å². The van der Waals surface area contributed by atoms with Gasteiger partial charge >= 0.3 is 0 Å². The van der Waals surface area contributed by atoms with Gasteiger partial charge in [0.05, 0.1) is 7.11 Å². The van der Waals surface area contributed by atoms with E-state index in [2.05, 4.69) is 21.2 Å². The number of hydrogen-bond acceptors (Lipinski definition) is 3. The van der Waals surface area contributed by atoms with Crippen LogP contribution in [-0.2, 0) is 4.79 Å². The van der Waals surface area contributed by atoms with E-state index in [1.54, 1.807) is 30.3 Å². The van der Waals surface area contributed by atoms with E-state index in [0.717, 1.165) is 15.7 Å². The molecule has 4 nitrogen and oxygen atoms in total. The molecule has 2 rings (SSSR count). The van der Waals surface area contributed by atoms with Gasteiger partial charge in [0.2, 0.25) is 5.91 Å². The van der Waals surface area contributed by atoms with Gasteiger partial charge in [-0.3, -0.25) is 4.79 Å². The molecule has 0 saturated carbocycles. The van der Waals surface area contributed by atoms with Crippen molar-refractivity contribution in [1.29, 1.82) is 0 Å². The molecule has 0 heterocycles. The van der Waals surface area contributed by atoms with Crippen LogP contribution in [0.3, 0.4) is 0 Å². The summed E-state index contributed by atoms with van der Waals surface area (Å²) in [4.78, 5) is 11.8. The second-order valence-corrected chi connectivity index (χ2v) is 5.18. The van der Waals surface area contributed by atoms with Gasteiger partial charge in [-0.1, -0.05) is 22.0 Å². The quantitative estimate of drug-likeness (QED) is 0.826. The van der Waals surface area contributed by atoms with Gasteiger partial charge in [-0.05, 0) is 48.0 Å². The summed E-state index contributed by atoms with van der Waals surface area (Å²) in [5.41, 5.74) is 1.48. The lowest BCUT2D eigenvalue weighted by atomic mass is 10.2. The Hall–Kier alpha value is -2.27. The zero-order valence-electron chi connectivity index (χ0n) is 11.3. The van der Waals surface area contributed by atoms with Gasteiger partial charge in [0, 0.05) is 16.2 Å². The second kappa shape index (κ2) is 6.95. The van der Waals surface area contributed by atoms with Gasteiger partial charge in [-0.15, -0.1) is 0 Å². The van der Waals surface area contributed by atoms with Crippen LogP contribution in [-0.4, -0.2) is 18.1 Å². The van der Waals surface area contributed by atoms with Crippen molar-refractivity contribution >= 4 is 33.6 Å². The molecule has 2 aromatic rings. The van der Waals surface area contributed by atoms with Crippen molar-refractivity contribution in [2.24, 2.45) is 0 Å². The number of nitrogens with one attached hydrogen (secondary N) is 1. The van der Waals surface area contributed by atoms with Crippen LogP contribution in [0.2, 0.25) is 0 Å². The molecule has 0 fully saturated rings. The Kier molecular flexibility index (Phi) is 5.00. The van der Waals surface area contributed by atoms with Crippen molar-refractivity contribution in [2.45, 2.75) is 0 Å². The van der Waals surface area contributed by atoms with Gasteiger partial charge in [0.25, 0.3) is 0 Å². The highest BCUT2D eigenvalue weighted by Gasteiger charge is 2.01. The standard InChI is InChI=1S/C16H14BrNO3/c1-21-15-10-11(2-8-14(15)19)3-9-16(20)18-13-6-4-12(17)5-7-13/h2-10,19H,1H3,(H,18,20)/b9-3+. The van der Waals surface area contributed by atoms with E-state index in [1.807, 2.05) is 12.1 Å².